The summed E-state index contributed by atoms with van der Waals surface area (Å²) in [6, 6.07) is 6.00. The number of benzene rings is 1. The molecular weight excluding hydrogens is 354 g/mol. The number of carbonyl (C=O) groups excluding carboxylic acids is 5. The molecule has 1 heterocycles. The maximum Gasteiger partial charge on any atom is 0.402 e. The first-order valence-corrected chi connectivity index (χ1v) is 8.49. The maximum atomic E-state index is 12.5. The molecule has 1 aliphatic heterocycles. The Balaban J connectivity index is 1.98. The van der Waals surface area contributed by atoms with Crippen molar-refractivity contribution in [3.8, 4) is 5.75 Å². The Morgan fingerprint density at radius 2 is 1.81 bits per heavy atom. The second-order valence-corrected chi connectivity index (χ2v) is 6.37. The summed E-state index contributed by atoms with van der Waals surface area (Å²) < 4.78 is 4.93. The molecule has 9 nitrogen and oxygen atoms in total. The molecule has 1 saturated heterocycles. The van der Waals surface area contributed by atoms with E-state index in [-0.39, 0.29) is 24.6 Å². The Hall–Kier alpha value is -3.23. The lowest BCUT2D eigenvalue weighted by molar-refractivity contribution is -0.149. The zero-order valence-electron chi connectivity index (χ0n) is 15.0. The molecule has 0 aromatic heterocycles. The van der Waals surface area contributed by atoms with Crippen molar-refractivity contribution in [2.24, 2.45) is 5.92 Å². The average molecular weight is 375 g/mol. The van der Waals surface area contributed by atoms with Crippen LogP contribution in [0.15, 0.2) is 30.3 Å². The van der Waals surface area contributed by atoms with Gasteiger partial charge in [-0.2, -0.15) is 0 Å². The van der Waals surface area contributed by atoms with Gasteiger partial charge < -0.3 is 20.7 Å². The van der Waals surface area contributed by atoms with E-state index < -0.39 is 41.6 Å². The van der Waals surface area contributed by atoms with E-state index in [4.69, 9.17) is 4.74 Å². The number of esters is 1. The van der Waals surface area contributed by atoms with E-state index in [1.165, 1.54) is 12.1 Å². The molecule has 1 aromatic rings. The molecule has 1 aliphatic rings. The Kier molecular flexibility index (Phi) is 6.64. The fourth-order valence-electron chi connectivity index (χ4n) is 2.48. The van der Waals surface area contributed by atoms with Crippen molar-refractivity contribution in [1.82, 2.24) is 16.0 Å². The molecule has 0 radical (unpaired) electrons. The molecule has 2 rings (SSSR count). The lowest BCUT2D eigenvalue weighted by Gasteiger charge is -2.26. The molecule has 27 heavy (non-hydrogen) atoms. The molecule has 0 spiro atoms. The average Bonchev–Trinajstić information content (AvgIpc) is 2.63. The monoisotopic (exact) mass is 375 g/mol. The quantitative estimate of drug-likeness (QED) is 0.355. The van der Waals surface area contributed by atoms with Crippen LogP contribution in [0.1, 0.15) is 20.3 Å². The van der Waals surface area contributed by atoms with Crippen molar-refractivity contribution in [3.63, 3.8) is 0 Å². The summed E-state index contributed by atoms with van der Waals surface area (Å²) in [5.74, 6) is -4.57. The number of rotatable bonds is 5. The minimum absolute atomic E-state index is 0.196. The summed E-state index contributed by atoms with van der Waals surface area (Å²) >= 11 is 0. The summed E-state index contributed by atoms with van der Waals surface area (Å²) in [6.45, 7) is 3.60. The molecule has 2 atom stereocenters. The Bertz CT molecular complexity index is 747. The largest absolute Gasteiger partial charge is 0.419 e. The number of Topliss-reactive ketones (excluding diaryl/α,β-unsaturated/α-hetero) is 1. The summed E-state index contributed by atoms with van der Waals surface area (Å²) in [6.07, 6.45) is 0.255. The molecule has 3 N–H and O–H groups in total. The highest BCUT2D eigenvalue weighted by Crippen LogP contribution is 2.09. The second-order valence-electron chi connectivity index (χ2n) is 6.37. The van der Waals surface area contributed by atoms with Gasteiger partial charge in [-0.3, -0.25) is 19.2 Å². The Morgan fingerprint density at radius 3 is 2.44 bits per heavy atom. The van der Waals surface area contributed by atoms with E-state index in [0.29, 0.717) is 0 Å². The molecule has 0 saturated carbocycles. The van der Waals surface area contributed by atoms with Gasteiger partial charge in [-0.05, 0) is 24.5 Å². The van der Waals surface area contributed by atoms with Crippen LogP contribution in [0.5, 0.6) is 5.75 Å². The highest BCUT2D eigenvalue weighted by molar-refractivity contribution is 6.39. The van der Waals surface area contributed by atoms with E-state index in [2.05, 4.69) is 16.0 Å². The first kappa shape index (κ1) is 20.1. The predicted molar refractivity (Wildman–Crippen MR) is 93.4 cm³/mol. The van der Waals surface area contributed by atoms with Crippen molar-refractivity contribution >= 4 is 29.5 Å². The summed E-state index contributed by atoms with van der Waals surface area (Å²) in [5, 5.41) is 7.16. The van der Waals surface area contributed by atoms with Gasteiger partial charge in [-0.25, -0.2) is 4.79 Å². The zero-order chi connectivity index (χ0) is 20.0. The lowest BCUT2D eigenvalue weighted by Crippen LogP contribution is -2.58. The number of nitrogens with one attached hydrogen (secondary N) is 3. The van der Waals surface area contributed by atoms with Crippen LogP contribution in [-0.2, 0) is 24.0 Å². The second kappa shape index (κ2) is 8.93. The van der Waals surface area contributed by atoms with Crippen LogP contribution < -0.4 is 20.7 Å². The number of ether oxygens (including phenoxy) is 1. The van der Waals surface area contributed by atoms with Crippen LogP contribution in [0.4, 0.5) is 0 Å². The lowest BCUT2D eigenvalue weighted by atomic mass is 10.0. The van der Waals surface area contributed by atoms with Gasteiger partial charge in [-0.15, -0.1) is 0 Å². The number of ketones is 1. The highest BCUT2D eigenvalue weighted by Gasteiger charge is 2.34. The SMILES string of the molecule is CC(C)C(NC(=O)C(=O)Oc1ccccc1)C(=O)NC1CCNC(=O)C1=O. The van der Waals surface area contributed by atoms with Gasteiger partial charge in [0.05, 0.1) is 6.04 Å². The van der Waals surface area contributed by atoms with Gasteiger partial charge in [0.2, 0.25) is 11.7 Å². The number of para-hydroxylation sites is 1. The third-order valence-electron chi connectivity index (χ3n) is 3.95. The van der Waals surface area contributed by atoms with Crippen LogP contribution in [0.3, 0.4) is 0 Å². The smallest absolute Gasteiger partial charge is 0.402 e. The number of hydrogen-bond donors (Lipinski definition) is 3. The topological polar surface area (TPSA) is 131 Å². The van der Waals surface area contributed by atoms with Crippen molar-refractivity contribution < 1.29 is 28.7 Å². The minimum Gasteiger partial charge on any atom is -0.419 e. The van der Waals surface area contributed by atoms with Gasteiger partial charge in [0.25, 0.3) is 5.91 Å². The van der Waals surface area contributed by atoms with E-state index in [0.717, 1.165) is 0 Å². The van der Waals surface area contributed by atoms with E-state index >= 15 is 0 Å². The normalized spacial score (nSPS) is 17.7. The molecule has 2 unspecified atom stereocenters. The highest BCUT2D eigenvalue weighted by atomic mass is 16.5. The predicted octanol–water partition coefficient (Wildman–Crippen LogP) is -0.693. The summed E-state index contributed by atoms with van der Waals surface area (Å²) in [5.41, 5.74) is 0. The fourth-order valence-corrected chi connectivity index (χ4v) is 2.48. The van der Waals surface area contributed by atoms with Gasteiger partial charge in [0.15, 0.2) is 0 Å². The molecule has 3 amide bonds. The van der Waals surface area contributed by atoms with Crippen LogP contribution in [0, 0.1) is 5.92 Å². The molecule has 0 bridgehead atoms. The van der Waals surface area contributed by atoms with Gasteiger partial charge in [-0.1, -0.05) is 32.0 Å². The third-order valence-corrected chi connectivity index (χ3v) is 3.95. The summed E-state index contributed by atoms with van der Waals surface area (Å²) in [4.78, 5) is 59.6. The van der Waals surface area contributed by atoms with E-state index in [9.17, 15) is 24.0 Å². The van der Waals surface area contributed by atoms with E-state index in [1.807, 2.05) is 0 Å². The van der Waals surface area contributed by atoms with Gasteiger partial charge in [0.1, 0.15) is 11.8 Å². The van der Waals surface area contributed by atoms with Crippen LogP contribution in [0.2, 0.25) is 0 Å². The molecule has 1 aromatic carbocycles. The first-order chi connectivity index (χ1) is 12.8. The number of carbonyl (C=O) groups is 5. The molecule has 144 valence electrons. The number of hydrogen-bond acceptors (Lipinski definition) is 6. The van der Waals surface area contributed by atoms with Crippen LogP contribution in [0.25, 0.3) is 0 Å². The molecular formula is C18H21N3O6. The third kappa shape index (κ3) is 5.37. The van der Waals surface area contributed by atoms with Gasteiger partial charge in [0, 0.05) is 6.54 Å². The van der Waals surface area contributed by atoms with Crippen molar-refractivity contribution in [2.45, 2.75) is 32.4 Å². The maximum absolute atomic E-state index is 12.5. The standard InChI is InChI=1S/C18H21N3O6/c1-10(2)13(15(23)20-12-8-9-19-16(24)14(12)22)21-17(25)18(26)27-11-6-4-3-5-7-11/h3-7,10,12-13H,8-9H2,1-2H3,(H,19,24)(H,20,23)(H,21,25). The van der Waals surface area contributed by atoms with Crippen LogP contribution in [-0.4, -0.2) is 48.1 Å². The molecule has 1 fully saturated rings. The van der Waals surface area contributed by atoms with E-state index in [1.54, 1.807) is 32.0 Å². The minimum atomic E-state index is -1.16. The van der Waals surface area contributed by atoms with Crippen molar-refractivity contribution in [1.29, 1.82) is 0 Å². The fraction of sp³-hybridized carbons (Fsp3) is 0.389. The first-order valence-electron chi connectivity index (χ1n) is 8.49. The zero-order valence-corrected chi connectivity index (χ0v) is 15.0. The molecule has 0 aliphatic carbocycles. The van der Waals surface area contributed by atoms with Gasteiger partial charge >= 0.3 is 11.9 Å². The number of piperidine rings is 1. The van der Waals surface area contributed by atoms with Crippen LogP contribution >= 0.6 is 0 Å². The van der Waals surface area contributed by atoms with Crippen molar-refractivity contribution in [3.05, 3.63) is 30.3 Å². The Labute approximate surface area is 155 Å². The molecule has 9 heteroatoms. The summed E-state index contributed by atoms with van der Waals surface area (Å²) in [7, 11) is 0. The Morgan fingerprint density at radius 1 is 1.15 bits per heavy atom. The van der Waals surface area contributed by atoms with Crippen molar-refractivity contribution in [2.75, 3.05) is 6.54 Å². The number of amides is 3.